The molecule has 6 nitrogen and oxygen atoms in total. The minimum Gasteiger partial charge on any atom is -0.480 e. The minimum absolute atomic E-state index is 0.0750. The lowest BCUT2D eigenvalue weighted by atomic mass is 10.1. The first-order chi connectivity index (χ1) is 8.93. The monoisotopic (exact) mass is 269 g/mol. The number of carbonyl (C=O) groups is 2. The predicted molar refractivity (Wildman–Crippen MR) is 71.6 cm³/mol. The van der Waals surface area contributed by atoms with E-state index in [1.165, 1.54) is 4.90 Å². The van der Waals surface area contributed by atoms with Gasteiger partial charge in [-0.1, -0.05) is 19.8 Å². The Balaban J connectivity index is 4.57. The van der Waals surface area contributed by atoms with Crippen molar-refractivity contribution < 1.29 is 14.7 Å². The van der Waals surface area contributed by atoms with Crippen LogP contribution in [0.3, 0.4) is 0 Å². The predicted octanol–water partition coefficient (Wildman–Crippen LogP) is 1.96. The lowest BCUT2D eigenvalue weighted by molar-refractivity contribution is -0.139. The van der Waals surface area contributed by atoms with Gasteiger partial charge in [-0.15, -0.1) is 0 Å². The Kier molecular flexibility index (Phi) is 8.34. The van der Waals surface area contributed by atoms with E-state index in [9.17, 15) is 9.59 Å². The second-order valence-corrected chi connectivity index (χ2v) is 4.68. The average molecular weight is 269 g/mol. The van der Waals surface area contributed by atoms with Gasteiger partial charge in [-0.05, 0) is 20.3 Å². The third-order valence-corrected chi connectivity index (χ3v) is 2.79. The normalized spacial score (nSPS) is 11.7. The van der Waals surface area contributed by atoms with Crippen molar-refractivity contribution >= 4 is 12.0 Å². The number of hydrogen-bond acceptors (Lipinski definition) is 3. The molecule has 0 aromatic rings. The molecule has 0 unspecified atom stereocenters. The number of unbranched alkanes of at least 4 members (excludes halogenated alkanes) is 1. The van der Waals surface area contributed by atoms with Crippen LogP contribution in [-0.2, 0) is 4.79 Å². The smallest absolute Gasteiger partial charge is 0.326 e. The molecule has 1 atom stereocenters. The lowest BCUT2D eigenvalue weighted by Gasteiger charge is -2.27. The number of hydrogen-bond donors (Lipinski definition) is 2. The molecule has 0 bridgehead atoms. The van der Waals surface area contributed by atoms with Gasteiger partial charge >= 0.3 is 12.0 Å². The molecule has 0 spiro atoms. The van der Waals surface area contributed by atoms with Crippen LogP contribution in [0.1, 0.15) is 46.5 Å². The van der Waals surface area contributed by atoms with Gasteiger partial charge in [-0.2, -0.15) is 5.26 Å². The summed E-state index contributed by atoms with van der Waals surface area (Å²) in [6.07, 6.45) is 2.28. The van der Waals surface area contributed by atoms with Crippen LogP contribution in [-0.4, -0.2) is 40.6 Å². The number of nitrogens with zero attached hydrogens (tertiary/aromatic N) is 2. The second-order valence-electron chi connectivity index (χ2n) is 4.68. The maximum absolute atomic E-state index is 12.0. The van der Waals surface area contributed by atoms with Crippen molar-refractivity contribution in [2.24, 2.45) is 0 Å². The van der Waals surface area contributed by atoms with Crippen LogP contribution in [0.15, 0.2) is 0 Å². The number of carboxylic acids is 1. The van der Waals surface area contributed by atoms with Crippen molar-refractivity contribution in [2.75, 3.05) is 6.54 Å². The van der Waals surface area contributed by atoms with Crippen LogP contribution >= 0.6 is 0 Å². The number of amides is 2. The quantitative estimate of drug-likeness (QED) is 0.704. The summed E-state index contributed by atoms with van der Waals surface area (Å²) in [5, 5.41) is 20.1. The maximum atomic E-state index is 12.0. The fourth-order valence-electron chi connectivity index (χ4n) is 1.66. The third-order valence-electron chi connectivity index (χ3n) is 2.79. The molecule has 0 aromatic carbocycles. The summed E-state index contributed by atoms with van der Waals surface area (Å²) in [5.41, 5.74) is 0. The molecule has 0 heterocycles. The summed E-state index contributed by atoms with van der Waals surface area (Å²) in [5.74, 6) is -1.02. The fraction of sp³-hybridized carbons (Fsp3) is 0.769. The zero-order valence-electron chi connectivity index (χ0n) is 11.8. The Morgan fingerprint density at radius 3 is 2.47 bits per heavy atom. The molecular formula is C13H23N3O3. The summed E-state index contributed by atoms with van der Waals surface area (Å²) < 4.78 is 0. The first kappa shape index (κ1) is 17.2. The number of aliphatic carboxylic acids is 1. The molecule has 2 amide bonds. The van der Waals surface area contributed by atoms with Crippen molar-refractivity contribution in [3.05, 3.63) is 0 Å². The standard InChI is InChI=1S/C13H23N3O3/c1-4-5-7-11(12(17)18)15-13(19)16(10(2)3)9-6-8-14/h10-11H,4-7,9H2,1-3H3,(H,15,19)(H,17,18)/t11-/m0/s1. The van der Waals surface area contributed by atoms with Gasteiger partial charge in [-0.25, -0.2) is 9.59 Å². The van der Waals surface area contributed by atoms with Crippen LogP contribution in [0.2, 0.25) is 0 Å². The number of carboxylic acid groups (broad SMARTS) is 1. The Bertz CT molecular complexity index is 337. The Morgan fingerprint density at radius 1 is 1.42 bits per heavy atom. The lowest BCUT2D eigenvalue weighted by Crippen LogP contribution is -2.50. The number of nitriles is 1. The number of urea groups is 1. The van der Waals surface area contributed by atoms with Crippen LogP contribution < -0.4 is 5.32 Å². The van der Waals surface area contributed by atoms with E-state index in [4.69, 9.17) is 10.4 Å². The van der Waals surface area contributed by atoms with Crippen molar-refractivity contribution in [2.45, 2.75) is 58.5 Å². The molecule has 0 radical (unpaired) electrons. The van der Waals surface area contributed by atoms with Gasteiger partial charge in [0.25, 0.3) is 0 Å². The van der Waals surface area contributed by atoms with E-state index in [0.29, 0.717) is 13.0 Å². The molecule has 0 aromatic heterocycles. The highest BCUT2D eigenvalue weighted by atomic mass is 16.4. The molecule has 108 valence electrons. The summed E-state index contributed by atoms with van der Waals surface area (Å²) in [7, 11) is 0. The van der Waals surface area contributed by atoms with Crippen LogP contribution in [0, 0.1) is 11.3 Å². The topological polar surface area (TPSA) is 93.4 Å². The largest absolute Gasteiger partial charge is 0.480 e. The highest BCUT2D eigenvalue weighted by Gasteiger charge is 2.23. The Morgan fingerprint density at radius 2 is 2.05 bits per heavy atom. The molecule has 19 heavy (non-hydrogen) atoms. The molecule has 2 N–H and O–H groups in total. The number of nitrogens with one attached hydrogen (secondary N) is 1. The van der Waals surface area contributed by atoms with Gasteiger partial charge in [0.15, 0.2) is 0 Å². The zero-order chi connectivity index (χ0) is 14.8. The van der Waals surface area contributed by atoms with Crippen molar-refractivity contribution in [3.63, 3.8) is 0 Å². The highest BCUT2D eigenvalue weighted by molar-refractivity contribution is 5.82. The van der Waals surface area contributed by atoms with Gasteiger partial charge in [0, 0.05) is 12.6 Å². The van der Waals surface area contributed by atoms with Gasteiger partial charge in [0.05, 0.1) is 12.5 Å². The molecule has 6 heteroatoms. The highest BCUT2D eigenvalue weighted by Crippen LogP contribution is 2.05. The summed E-state index contributed by atoms with van der Waals surface area (Å²) in [6, 6.07) is 0.618. The number of rotatable bonds is 8. The SMILES string of the molecule is CCCC[C@H](NC(=O)N(CCC#N)C(C)C)C(=O)O. The summed E-state index contributed by atoms with van der Waals surface area (Å²) in [6.45, 7) is 5.94. The molecular weight excluding hydrogens is 246 g/mol. The van der Waals surface area contributed by atoms with E-state index in [1.54, 1.807) is 0 Å². The van der Waals surface area contributed by atoms with Gasteiger partial charge in [0.1, 0.15) is 6.04 Å². The van der Waals surface area contributed by atoms with Crippen molar-refractivity contribution in [1.82, 2.24) is 10.2 Å². The van der Waals surface area contributed by atoms with E-state index in [2.05, 4.69) is 5.32 Å². The molecule has 0 aliphatic carbocycles. The average Bonchev–Trinajstić information content (AvgIpc) is 2.34. The summed E-state index contributed by atoms with van der Waals surface area (Å²) in [4.78, 5) is 24.5. The molecule has 0 rings (SSSR count). The first-order valence-electron chi connectivity index (χ1n) is 6.60. The van der Waals surface area contributed by atoms with E-state index in [0.717, 1.165) is 12.8 Å². The van der Waals surface area contributed by atoms with E-state index < -0.39 is 18.0 Å². The van der Waals surface area contributed by atoms with Crippen LogP contribution in [0.25, 0.3) is 0 Å². The summed E-state index contributed by atoms with van der Waals surface area (Å²) >= 11 is 0. The molecule has 0 saturated heterocycles. The zero-order valence-corrected chi connectivity index (χ0v) is 11.8. The minimum atomic E-state index is -1.02. The van der Waals surface area contributed by atoms with Gasteiger partial charge in [0.2, 0.25) is 0 Å². The maximum Gasteiger partial charge on any atom is 0.326 e. The molecule has 0 saturated carbocycles. The second kappa shape index (κ2) is 9.20. The number of carbonyl (C=O) groups excluding carboxylic acids is 1. The van der Waals surface area contributed by atoms with E-state index >= 15 is 0 Å². The first-order valence-corrected chi connectivity index (χ1v) is 6.60. The van der Waals surface area contributed by atoms with Crippen molar-refractivity contribution in [3.8, 4) is 6.07 Å². The van der Waals surface area contributed by atoms with Crippen molar-refractivity contribution in [1.29, 1.82) is 5.26 Å². The molecule has 0 aliphatic heterocycles. The van der Waals surface area contributed by atoms with E-state index in [1.807, 2.05) is 26.8 Å². The van der Waals surface area contributed by atoms with Gasteiger partial charge in [-0.3, -0.25) is 0 Å². The Hall–Kier alpha value is -1.77. The third kappa shape index (κ3) is 6.65. The van der Waals surface area contributed by atoms with E-state index in [-0.39, 0.29) is 12.5 Å². The Labute approximate surface area is 114 Å². The molecule has 0 fully saturated rings. The van der Waals surface area contributed by atoms with Gasteiger partial charge < -0.3 is 15.3 Å². The fourth-order valence-corrected chi connectivity index (χ4v) is 1.66. The van der Waals surface area contributed by atoms with Crippen LogP contribution in [0.4, 0.5) is 4.79 Å². The van der Waals surface area contributed by atoms with Crippen LogP contribution in [0.5, 0.6) is 0 Å². The molecule has 0 aliphatic rings.